The van der Waals surface area contributed by atoms with Crippen molar-refractivity contribution in [3.05, 3.63) is 184 Å². The van der Waals surface area contributed by atoms with Crippen molar-refractivity contribution in [1.82, 2.24) is 4.57 Å². The van der Waals surface area contributed by atoms with Gasteiger partial charge in [0, 0.05) is 59.5 Å². The molecule has 0 aliphatic rings. The number of aromatic nitrogens is 1. The number of aryl methyl sites for hydroxylation is 2. The Morgan fingerprint density at radius 1 is 0.388 bits per heavy atom. The van der Waals surface area contributed by atoms with E-state index in [9.17, 15) is 0 Å². The second kappa shape index (κ2) is 13.1. The van der Waals surface area contributed by atoms with Crippen molar-refractivity contribution in [3.63, 3.8) is 0 Å². The maximum atomic E-state index is 3.63. The van der Waals surface area contributed by atoms with E-state index >= 15 is 0 Å². The van der Waals surface area contributed by atoms with E-state index in [0.717, 1.165) is 59.8 Å². The van der Waals surface area contributed by atoms with Crippen molar-refractivity contribution >= 4 is 87.8 Å². The van der Waals surface area contributed by atoms with Crippen LogP contribution in [0.5, 0.6) is 0 Å². The van der Waals surface area contributed by atoms with Gasteiger partial charge in [0.15, 0.2) is 0 Å². The number of nitrogens with zero attached hydrogens (tertiary/aromatic N) is 3. The summed E-state index contributed by atoms with van der Waals surface area (Å²) in [7, 11) is 0. The number of para-hydroxylation sites is 1. The lowest BCUT2D eigenvalue weighted by Crippen LogP contribution is -2.10. The van der Waals surface area contributed by atoms with Crippen LogP contribution < -0.4 is 9.80 Å². The first-order chi connectivity index (χ1) is 23.9. The molecule has 8 rings (SSSR count). The Bertz CT molecular complexity index is 2150. The van der Waals surface area contributed by atoms with Crippen LogP contribution in [0, 0.1) is 13.8 Å². The highest BCUT2D eigenvalue weighted by Crippen LogP contribution is 2.43. The van der Waals surface area contributed by atoms with E-state index in [1.165, 1.54) is 21.9 Å². The monoisotopic (exact) mass is 761 g/mol. The highest BCUT2D eigenvalue weighted by molar-refractivity contribution is 9.10. The van der Waals surface area contributed by atoms with Crippen molar-refractivity contribution in [2.24, 2.45) is 0 Å². The van der Waals surface area contributed by atoms with Crippen LogP contribution in [0.3, 0.4) is 0 Å². The molecule has 0 N–H and O–H groups in total. The number of halogens is 2. The Labute approximate surface area is 303 Å². The molecule has 1 aromatic heterocycles. The third-order valence-electron chi connectivity index (χ3n) is 9.02. The standard InChI is InChI=1S/C44H33Br2N3/c1-30-8-16-35(17-9-30)47(37-20-12-32(45)13-21-37)39-24-26-43-41(28-39)42-29-40(25-27-44(42)49(43)34-6-4-3-5-7-34)48(36-18-10-31(2)11-19-36)38-22-14-33(46)15-23-38/h3-29H,1-2H3. The Morgan fingerprint density at radius 3 is 1.12 bits per heavy atom. The highest BCUT2D eigenvalue weighted by Gasteiger charge is 2.20. The molecule has 0 aliphatic carbocycles. The van der Waals surface area contributed by atoms with E-state index < -0.39 is 0 Å². The average molecular weight is 764 g/mol. The summed E-state index contributed by atoms with van der Waals surface area (Å²) < 4.78 is 4.49. The maximum Gasteiger partial charge on any atom is 0.0542 e. The lowest BCUT2D eigenvalue weighted by molar-refractivity contribution is 1.18. The molecular weight excluding hydrogens is 730 g/mol. The summed E-state index contributed by atoms with van der Waals surface area (Å²) in [5.41, 5.74) is 12.5. The molecule has 0 bridgehead atoms. The van der Waals surface area contributed by atoms with Crippen LogP contribution in [0.25, 0.3) is 27.5 Å². The van der Waals surface area contributed by atoms with Crippen LogP contribution in [0.2, 0.25) is 0 Å². The number of anilines is 6. The van der Waals surface area contributed by atoms with Gasteiger partial charge in [-0.25, -0.2) is 0 Å². The smallest absolute Gasteiger partial charge is 0.0542 e. The maximum absolute atomic E-state index is 3.63. The first-order valence-electron chi connectivity index (χ1n) is 16.3. The zero-order valence-corrected chi connectivity index (χ0v) is 30.4. The first kappa shape index (κ1) is 31.2. The van der Waals surface area contributed by atoms with Crippen molar-refractivity contribution in [3.8, 4) is 5.69 Å². The second-order valence-electron chi connectivity index (χ2n) is 12.4. The summed E-state index contributed by atoms with van der Waals surface area (Å²) in [5, 5.41) is 2.37. The van der Waals surface area contributed by atoms with Gasteiger partial charge in [0.05, 0.1) is 11.0 Å². The molecule has 0 amide bonds. The molecule has 5 heteroatoms. The molecule has 8 aromatic rings. The molecule has 0 unspecified atom stereocenters. The van der Waals surface area contributed by atoms with Gasteiger partial charge in [-0.3, -0.25) is 0 Å². The van der Waals surface area contributed by atoms with Crippen LogP contribution in [-0.4, -0.2) is 4.57 Å². The lowest BCUT2D eigenvalue weighted by Gasteiger charge is -2.26. The molecule has 238 valence electrons. The second-order valence-corrected chi connectivity index (χ2v) is 14.2. The largest absolute Gasteiger partial charge is 0.310 e. The SMILES string of the molecule is Cc1ccc(N(c2ccc(Br)cc2)c2ccc3c(c2)c2cc(N(c4ccc(C)cc4)c4ccc(Br)cc4)ccc2n3-c2ccccc2)cc1. The van der Waals surface area contributed by atoms with Gasteiger partial charge in [0.2, 0.25) is 0 Å². The summed E-state index contributed by atoms with van der Waals surface area (Å²) in [6.45, 7) is 4.26. The summed E-state index contributed by atoms with van der Waals surface area (Å²) in [6.07, 6.45) is 0. The minimum Gasteiger partial charge on any atom is -0.310 e. The Morgan fingerprint density at radius 2 is 0.735 bits per heavy atom. The molecule has 0 radical (unpaired) electrons. The van der Waals surface area contributed by atoms with Crippen LogP contribution in [-0.2, 0) is 0 Å². The van der Waals surface area contributed by atoms with Gasteiger partial charge >= 0.3 is 0 Å². The van der Waals surface area contributed by atoms with Gasteiger partial charge in [0.25, 0.3) is 0 Å². The number of fused-ring (bicyclic) bond motifs is 3. The summed E-state index contributed by atoms with van der Waals surface area (Å²) >= 11 is 7.27. The molecule has 7 aromatic carbocycles. The van der Waals surface area contributed by atoms with Gasteiger partial charge in [0.1, 0.15) is 0 Å². The molecule has 0 saturated heterocycles. The normalized spacial score (nSPS) is 11.3. The van der Waals surface area contributed by atoms with Crippen molar-refractivity contribution in [2.45, 2.75) is 13.8 Å². The number of hydrogen-bond acceptors (Lipinski definition) is 2. The predicted molar refractivity (Wildman–Crippen MR) is 215 cm³/mol. The van der Waals surface area contributed by atoms with Crippen LogP contribution >= 0.6 is 31.9 Å². The predicted octanol–water partition coefficient (Wildman–Crippen LogP) is 13.9. The van der Waals surface area contributed by atoms with E-state index in [1.54, 1.807) is 0 Å². The van der Waals surface area contributed by atoms with Crippen LogP contribution in [0.4, 0.5) is 34.1 Å². The molecule has 49 heavy (non-hydrogen) atoms. The minimum absolute atomic E-state index is 1.05. The summed E-state index contributed by atoms with van der Waals surface area (Å²) in [4.78, 5) is 4.67. The fourth-order valence-corrected chi connectivity index (χ4v) is 7.12. The number of hydrogen-bond donors (Lipinski definition) is 0. The zero-order chi connectivity index (χ0) is 33.5. The molecule has 0 aliphatic heterocycles. The molecule has 0 saturated carbocycles. The number of rotatable bonds is 7. The van der Waals surface area contributed by atoms with Gasteiger partial charge in [-0.15, -0.1) is 0 Å². The van der Waals surface area contributed by atoms with Crippen molar-refractivity contribution < 1.29 is 0 Å². The zero-order valence-electron chi connectivity index (χ0n) is 27.2. The third kappa shape index (κ3) is 6.05. The van der Waals surface area contributed by atoms with E-state index in [4.69, 9.17) is 0 Å². The molecule has 3 nitrogen and oxygen atoms in total. The fraction of sp³-hybridized carbons (Fsp3) is 0.0455. The van der Waals surface area contributed by atoms with E-state index in [-0.39, 0.29) is 0 Å². The molecular formula is C44H33Br2N3. The Kier molecular flexibility index (Phi) is 8.32. The molecule has 1 heterocycles. The van der Waals surface area contributed by atoms with Gasteiger partial charge in [-0.1, -0.05) is 85.5 Å². The van der Waals surface area contributed by atoms with E-state index in [1.807, 2.05) is 0 Å². The Hall–Kier alpha value is -5.10. The Balaban J connectivity index is 1.38. The topological polar surface area (TPSA) is 11.4 Å². The molecule has 0 atom stereocenters. The summed E-state index contributed by atoms with van der Waals surface area (Å²) in [6, 6.07) is 58.9. The number of benzene rings is 7. The highest BCUT2D eigenvalue weighted by atomic mass is 79.9. The van der Waals surface area contributed by atoms with Crippen LogP contribution in [0.1, 0.15) is 11.1 Å². The molecule has 0 spiro atoms. The fourth-order valence-electron chi connectivity index (χ4n) is 6.60. The van der Waals surface area contributed by atoms with Crippen LogP contribution in [0.15, 0.2) is 173 Å². The van der Waals surface area contributed by atoms with Crippen molar-refractivity contribution in [1.29, 1.82) is 0 Å². The van der Waals surface area contributed by atoms with Gasteiger partial charge < -0.3 is 14.4 Å². The van der Waals surface area contributed by atoms with Gasteiger partial charge in [-0.2, -0.15) is 0 Å². The lowest BCUT2D eigenvalue weighted by atomic mass is 10.1. The van der Waals surface area contributed by atoms with Gasteiger partial charge in [-0.05, 0) is 135 Å². The quantitative estimate of drug-likeness (QED) is 0.160. The summed E-state index contributed by atoms with van der Waals surface area (Å²) in [5.74, 6) is 0. The molecule has 0 fully saturated rings. The van der Waals surface area contributed by atoms with Crippen molar-refractivity contribution in [2.75, 3.05) is 9.80 Å². The average Bonchev–Trinajstić information content (AvgIpc) is 3.45. The third-order valence-corrected chi connectivity index (χ3v) is 10.1. The van der Waals surface area contributed by atoms with E-state index in [0.29, 0.717) is 0 Å². The van der Waals surface area contributed by atoms with E-state index in [2.05, 4.69) is 224 Å². The first-order valence-corrected chi connectivity index (χ1v) is 17.9. The minimum atomic E-state index is 1.05.